The molecule has 148 valence electrons. The number of fused-ring (bicyclic) bond motifs is 1. The van der Waals surface area contributed by atoms with Crippen molar-refractivity contribution >= 4 is 5.97 Å². The van der Waals surface area contributed by atoms with Gasteiger partial charge in [-0.05, 0) is 66.1 Å². The van der Waals surface area contributed by atoms with Gasteiger partial charge in [0.05, 0.1) is 11.3 Å². The molecule has 1 N–H and O–H groups in total. The van der Waals surface area contributed by atoms with E-state index in [0.29, 0.717) is 11.5 Å². The van der Waals surface area contributed by atoms with Crippen LogP contribution in [0.25, 0.3) is 16.9 Å². The number of carboxylic acids is 1. The van der Waals surface area contributed by atoms with Crippen LogP contribution < -0.4 is 0 Å². The van der Waals surface area contributed by atoms with Crippen LogP contribution in [0.1, 0.15) is 39.5 Å². The molecule has 4 aromatic rings. The van der Waals surface area contributed by atoms with Crippen LogP contribution >= 0.6 is 0 Å². The quantitative estimate of drug-likeness (QED) is 0.454. The third-order valence-electron chi connectivity index (χ3n) is 6.08. The standard InChI is InChI=1S/C27H23NO2/c29-27(30)22-12-7-13-24(17-22)28-25-15-14-21(19-8-3-1-4-9-19)16-23(25)18-26(28)20-10-5-2-6-11-20/h1-13,17-18,21H,14-16H2,(H,29,30). The molecule has 5 rings (SSSR count). The molecule has 0 radical (unpaired) electrons. The van der Waals surface area contributed by atoms with Gasteiger partial charge in [0.25, 0.3) is 0 Å². The molecule has 1 heterocycles. The van der Waals surface area contributed by atoms with Crippen molar-refractivity contribution in [1.29, 1.82) is 0 Å². The lowest BCUT2D eigenvalue weighted by Crippen LogP contribution is -2.14. The van der Waals surface area contributed by atoms with Gasteiger partial charge >= 0.3 is 5.97 Å². The fourth-order valence-corrected chi connectivity index (χ4v) is 4.63. The van der Waals surface area contributed by atoms with Crippen LogP contribution in [0, 0.1) is 0 Å². The molecule has 1 atom stereocenters. The van der Waals surface area contributed by atoms with Crippen molar-refractivity contribution in [3.63, 3.8) is 0 Å². The van der Waals surface area contributed by atoms with Gasteiger partial charge in [0.1, 0.15) is 0 Å². The average Bonchev–Trinajstić information content (AvgIpc) is 3.19. The molecular formula is C27H23NO2. The Morgan fingerprint density at radius 2 is 1.60 bits per heavy atom. The number of aromatic nitrogens is 1. The van der Waals surface area contributed by atoms with E-state index in [-0.39, 0.29) is 0 Å². The molecule has 1 aliphatic rings. The lowest BCUT2D eigenvalue weighted by atomic mass is 9.83. The molecule has 0 saturated carbocycles. The highest BCUT2D eigenvalue weighted by Gasteiger charge is 2.26. The molecule has 0 aliphatic heterocycles. The summed E-state index contributed by atoms with van der Waals surface area (Å²) in [6.07, 6.45) is 3.07. The van der Waals surface area contributed by atoms with Crippen LogP contribution in [0.2, 0.25) is 0 Å². The molecule has 0 saturated heterocycles. The number of rotatable bonds is 4. The maximum absolute atomic E-state index is 11.6. The summed E-state index contributed by atoms with van der Waals surface area (Å²) < 4.78 is 2.26. The molecule has 1 aliphatic carbocycles. The number of hydrogen-bond donors (Lipinski definition) is 1. The van der Waals surface area contributed by atoms with E-state index in [1.807, 2.05) is 30.3 Å². The maximum Gasteiger partial charge on any atom is 0.335 e. The SMILES string of the molecule is O=C(O)c1cccc(-n2c(-c3ccccc3)cc3c2CCC(c2ccccc2)C3)c1. The molecule has 0 spiro atoms. The zero-order chi connectivity index (χ0) is 20.5. The van der Waals surface area contributed by atoms with E-state index < -0.39 is 5.97 Å². The summed E-state index contributed by atoms with van der Waals surface area (Å²) in [4.78, 5) is 11.6. The van der Waals surface area contributed by atoms with E-state index in [1.165, 1.54) is 16.8 Å². The third kappa shape index (κ3) is 3.33. The normalized spacial score (nSPS) is 15.5. The zero-order valence-corrected chi connectivity index (χ0v) is 16.7. The average molecular weight is 393 g/mol. The fourth-order valence-electron chi connectivity index (χ4n) is 4.63. The summed E-state index contributed by atoms with van der Waals surface area (Å²) >= 11 is 0. The molecule has 0 fully saturated rings. The summed E-state index contributed by atoms with van der Waals surface area (Å²) in [5.74, 6) is -0.383. The van der Waals surface area contributed by atoms with E-state index in [0.717, 1.165) is 36.2 Å². The van der Waals surface area contributed by atoms with Crippen molar-refractivity contribution in [1.82, 2.24) is 4.57 Å². The van der Waals surface area contributed by atoms with Gasteiger partial charge in [-0.15, -0.1) is 0 Å². The number of benzene rings is 3. The van der Waals surface area contributed by atoms with Crippen LogP contribution in [0.15, 0.2) is 91.0 Å². The summed E-state index contributed by atoms with van der Waals surface area (Å²) in [6.45, 7) is 0. The van der Waals surface area contributed by atoms with Crippen LogP contribution in [-0.2, 0) is 12.8 Å². The van der Waals surface area contributed by atoms with Crippen LogP contribution in [0.5, 0.6) is 0 Å². The minimum atomic E-state index is -0.900. The Kier molecular flexibility index (Phi) is 4.72. The highest BCUT2D eigenvalue weighted by molar-refractivity contribution is 5.88. The van der Waals surface area contributed by atoms with Crippen LogP contribution in [0.4, 0.5) is 0 Å². The first-order valence-electron chi connectivity index (χ1n) is 10.4. The summed E-state index contributed by atoms with van der Waals surface area (Å²) in [5.41, 5.74) is 7.53. The Hall–Kier alpha value is -3.59. The minimum Gasteiger partial charge on any atom is -0.478 e. The molecule has 0 bridgehead atoms. The summed E-state index contributed by atoms with van der Waals surface area (Å²) in [6, 6.07) is 30.6. The van der Waals surface area contributed by atoms with Gasteiger partial charge in [-0.1, -0.05) is 66.7 Å². The van der Waals surface area contributed by atoms with Crippen LogP contribution in [-0.4, -0.2) is 15.6 Å². The zero-order valence-electron chi connectivity index (χ0n) is 16.7. The van der Waals surface area contributed by atoms with Gasteiger partial charge in [-0.2, -0.15) is 0 Å². The van der Waals surface area contributed by atoms with E-state index in [4.69, 9.17) is 0 Å². The summed E-state index contributed by atoms with van der Waals surface area (Å²) in [7, 11) is 0. The Balaban J connectivity index is 1.64. The number of carboxylic acid groups (broad SMARTS) is 1. The molecule has 3 heteroatoms. The monoisotopic (exact) mass is 393 g/mol. The summed E-state index contributed by atoms with van der Waals surface area (Å²) in [5, 5.41) is 9.48. The number of hydrogen-bond acceptors (Lipinski definition) is 1. The van der Waals surface area contributed by atoms with Crippen molar-refractivity contribution in [3.8, 4) is 16.9 Å². The Morgan fingerprint density at radius 1 is 0.867 bits per heavy atom. The van der Waals surface area contributed by atoms with Crippen molar-refractivity contribution < 1.29 is 9.90 Å². The second-order valence-electron chi connectivity index (χ2n) is 7.91. The van der Waals surface area contributed by atoms with E-state index in [1.54, 1.807) is 12.1 Å². The largest absolute Gasteiger partial charge is 0.478 e. The van der Waals surface area contributed by atoms with Crippen LogP contribution in [0.3, 0.4) is 0 Å². The molecule has 3 nitrogen and oxygen atoms in total. The predicted molar refractivity (Wildman–Crippen MR) is 119 cm³/mol. The molecular weight excluding hydrogens is 370 g/mol. The van der Waals surface area contributed by atoms with Gasteiger partial charge in [-0.3, -0.25) is 0 Å². The second-order valence-corrected chi connectivity index (χ2v) is 7.91. The van der Waals surface area contributed by atoms with Gasteiger partial charge in [-0.25, -0.2) is 4.79 Å². The topological polar surface area (TPSA) is 42.2 Å². The van der Waals surface area contributed by atoms with E-state index >= 15 is 0 Å². The first-order valence-corrected chi connectivity index (χ1v) is 10.4. The highest BCUT2D eigenvalue weighted by atomic mass is 16.4. The van der Waals surface area contributed by atoms with Crippen molar-refractivity contribution in [2.24, 2.45) is 0 Å². The van der Waals surface area contributed by atoms with Gasteiger partial charge in [0.2, 0.25) is 0 Å². The van der Waals surface area contributed by atoms with Gasteiger partial charge in [0, 0.05) is 11.4 Å². The Labute approximate surface area is 176 Å². The van der Waals surface area contributed by atoms with Crippen molar-refractivity contribution in [2.75, 3.05) is 0 Å². The molecule has 1 unspecified atom stereocenters. The van der Waals surface area contributed by atoms with Crippen molar-refractivity contribution in [3.05, 3.63) is 113 Å². The smallest absolute Gasteiger partial charge is 0.335 e. The molecule has 1 aromatic heterocycles. The first kappa shape index (κ1) is 18.4. The van der Waals surface area contributed by atoms with E-state index in [9.17, 15) is 9.90 Å². The molecule has 30 heavy (non-hydrogen) atoms. The van der Waals surface area contributed by atoms with Crippen molar-refractivity contribution in [2.45, 2.75) is 25.2 Å². The maximum atomic E-state index is 11.6. The number of nitrogens with zero attached hydrogens (tertiary/aromatic N) is 1. The molecule has 0 amide bonds. The third-order valence-corrected chi connectivity index (χ3v) is 6.08. The lowest BCUT2D eigenvalue weighted by molar-refractivity contribution is 0.0697. The van der Waals surface area contributed by atoms with Gasteiger partial charge < -0.3 is 9.67 Å². The second kappa shape index (κ2) is 7.68. The minimum absolute atomic E-state index is 0.312. The van der Waals surface area contributed by atoms with Gasteiger partial charge in [0.15, 0.2) is 0 Å². The first-order chi connectivity index (χ1) is 14.7. The Morgan fingerprint density at radius 3 is 2.33 bits per heavy atom. The highest BCUT2D eigenvalue weighted by Crippen LogP contribution is 2.38. The predicted octanol–water partition coefficient (Wildman–Crippen LogP) is 6.12. The van der Waals surface area contributed by atoms with E-state index in [2.05, 4.69) is 53.1 Å². The molecule has 3 aromatic carbocycles. The lowest BCUT2D eigenvalue weighted by Gasteiger charge is -2.24. The fraction of sp³-hybridized carbons (Fsp3) is 0.148. The number of carbonyl (C=O) groups is 1. The number of aromatic carboxylic acids is 1. The Bertz CT molecular complexity index is 1190.